The minimum atomic E-state index is -0.639. The van der Waals surface area contributed by atoms with Gasteiger partial charge in [-0.15, -0.1) is 0 Å². The van der Waals surface area contributed by atoms with Crippen molar-refractivity contribution in [2.45, 2.75) is 44.9 Å². The van der Waals surface area contributed by atoms with Crippen LogP contribution in [0.15, 0.2) is 22.7 Å². The van der Waals surface area contributed by atoms with Gasteiger partial charge in [0, 0.05) is 12.6 Å². The van der Waals surface area contributed by atoms with Crippen molar-refractivity contribution in [1.29, 1.82) is 0 Å². The fourth-order valence-electron chi connectivity index (χ4n) is 2.86. The summed E-state index contributed by atoms with van der Waals surface area (Å²) in [5.41, 5.74) is 0.601. The van der Waals surface area contributed by atoms with Gasteiger partial charge >= 0.3 is 0 Å². The van der Waals surface area contributed by atoms with Crippen LogP contribution < -0.4 is 4.74 Å². The fraction of sp³-hybridized carbons (Fsp3) is 0.600. The van der Waals surface area contributed by atoms with E-state index in [2.05, 4.69) is 33.0 Å². The van der Waals surface area contributed by atoms with Crippen LogP contribution >= 0.6 is 15.9 Å². The van der Waals surface area contributed by atoms with Crippen molar-refractivity contribution in [3.8, 4) is 5.75 Å². The van der Waals surface area contributed by atoms with Crippen molar-refractivity contribution in [3.63, 3.8) is 0 Å². The SMILES string of the molecule is COc1ccc(CN2CCCC2C(C)(C)O)cc1Br. The number of hydrogen-bond donors (Lipinski definition) is 1. The lowest BCUT2D eigenvalue weighted by molar-refractivity contribution is -0.00502. The molecule has 19 heavy (non-hydrogen) atoms. The van der Waals surface area contributed by atoms with Crippen LogP contribution in [0.4, 0.5) is 0 Å². The van der Waals surface area contributed by atoms with Crippen molar-refractivity contribution in [2.24, 2.45) is 0 Å². The highest BCUT2D eigenvalue weighted by Crippen LogP contribution is 2.30. The molecule has 0 amide bonds. The molecule has 1 N–H and O–H groups in total. The van der Waals surface area contributed by atoms with Crippen molar-refractivity contribution in [1.82, 2.24) is 4.90 Å². The second-order valence-electron chi connectivity index (χ2n) is 5.75. The van der Waals surface area contributed by atoms with E-state index in [-0.39, 0.29) is 6.04 Å². The van der Waals surface area contributed by atoms with Crippen LogP contribution in [0.5, 0.6) is 5.75 Å². The fourth-order valence-corrected chi connectivity index (χ4v) is 3.45. The predicted molar refractivity (Wildman–Crippen MR) is 80.4 cm³/mol. The number of benzene rings is 1. The summed E-state index contributed by atoms with van der Waals surface area (Å²) in [6.45, 7) is 5.73. The van der Waals surface area contributed by atoms with E-state index in [1.54, 1.807) is 7.11 Å². The molecule has 3 nitrogen and oxygen atoms in total. The second-order valence-corrected chi connectivity index (χ2v) is 6.61. The maximum Gasteiger partial charge on any atom is 0.133 e. The first-order valence-electron chi connectivity index (χ1n) is 6.70. The normalized spacial score (nSPS) is 20.8. The zero-order valence-corrected chi connectivity index (χ0v) is 13.4. The molecular weight excluding hydrogens is 306 g/mol. The number of nitrogens with zero attached hydrogens (tertiary/aromatic N) is 1. The zero-order chi connectivity index (χ0) is 14.0. The lowest BCUT2D eigenvalue weighted by Gasteiger charge is -2.33. The predicted octanol–water partition coefficient (Wildman–Crippen LogP) is 3.19. The molecule has 106 valence electrons. The average Bonchev–Trinajstić information content (AvgIpc) is 2.77. The van der Waals surface area contributed by atoms with Gasteiger partial charge in [-0.1, -0.05) is 6.07 Å². The van der Waals surface area contributed by atoms with E-state index in [4.69, 9.17) is 4.74 Å². The van der Waals surface area contributed by atoms with Gasteiger partial charge in [0.1, 0.15) is 5.75 Å². The highest BCUT2D eigenvalue weighted by Gasteiger charge is 2.35. The van der Waals surface area contributed by atoms with E-state index in [9.17, 15) is 5.11 Å². The Labute approximate surface area is 123 Å². The van der Waals surface area contributed by atoms with E-state index < -0.39 is 5.60 Å². The van der Waals surface area contributed by atoms with E-state index in [1.807, 2.05) is 19.9 Å². The molecule has 1 aliphatic rings. The molecule has 0 aliphatic carbocycles. The summed E-state index contributed by atoms with van der Waals surface area (Å²) >= 11 is 3.52. The maximum atomic E-state index is 10.2. The minimum Gasteiger partial charge on any atom is -0.496 e. The molecule has 1 heterocycles. The van der Waals surface area contributed by atoms with Crippen LogP contribution in [-0.4, -0.2) is 35.3 Å². The van der Waals surface area contributed by atoms with Crippen LogP contribution in [0.1, 0.15) is 32.3 Å². The molecule has 1 saturated heterocycles. The summed E-state index contributed by atoms with van der Waals surface area (Å²) in [4.78, 5) is 2.37. The number of likely N-dealkylation sites (tertiary alicyclic amines) is 1. The van der Waals surface area contributed by atoms with Crippen LogP contribution in [0.3, 0.4) is 0 Å². The van der Waals surface area contributed by atoms with E-state index in [0.29, 0.717) is 0 Å². The molecule has 1 aliphatic heterocycles. The van der Waals surface area contributed by atoms with Gasteiger partial charge in [-0.3, -0.25) is 4.90 Å². The quantitative estimate of drug-likeness (QED) is 0.921. The second kappa shape index (κ2) is 5.81. The first-order chi connectivity index (χ1) is 8.91. The molecule has 0 radical (unpaired) electrons. The first-order valence-corrected chi connectivity index (χ1v) is 7.50. The van der Waals surface area contributed by atoms with Crippen LogP contribution in [0.25, 0.3) is 0 Å². The Bertz CT molecular complexity index is 442. The summed E-state index contributed by atoms with van der Waals surface area (Å²) in [6.07, 6.45) is 2.23. The largest absolute Gasteiger partial charge is 0.496 e. The molecule has 4 heteroatoms. The molecular formula is C15H22BrNO2. The number of ether oxygens (including phenoxy) is 1. The highest BCUT2D eigenvalue weighted by molar-refractivity contribution is 9.10. The molecule has 1 aromatic rings. The number of methoxy groups -OCH3 is 1. The maximum absolute atomic E-state index is 10.2. The molecule has 0 aromatic heterocycles. The Morgan fingerprint density at radius 1 is 1.47 bits per heavy atom. The van der Waals surface area contributed by atoms with Gasteiger partial charge in [0.25, 0.3) is 0 Å². The molecule has 2 rings (SSSR count). The van der Waals surface area contributed by atoms with Crippen molar-refractivity contribution in [3.05, 3.63) is 28.2 Å². The number of aliphatic hydroxyl groups is 1. The standard InChI is InChI=1S/C15H22BrNO2/c1-15(2,18)14-5-4-8-17(14)10-11-6-7-13(19-3)12(16)9-11/h6-7,9,14,18H,4-5,8,10H2,1-3H3. The van der Waals surface area contributed by atoms with Gasteiger partial charge in [0.15, 0.2) is 0 Å². The summed E-state index contributed by atoms with van der Waals surface area (Å²) in [6, 6.07) is 6.41. The van der Waals surface area contributed by atoms with Crippen LogP contribution in [0, 0.1) is 0 Å². The summed E-state index contributed by atoms with van der Waals surface area (Å²) in [5.74, 6) is 0.851. The van der Waals surface area contributed by atoms with Crippen molar-refractivity contribution < 1.29 is 9.84 Å². The van der Waals surface area contributed by atoms with Crippen molar-refractivity contribution >= 4 is 15.9 Å². The van der Waals surface area contributed by atoms with Gasteiger partial charge in [-0.2, -0.15) is 0 Å². The lowest BCUT2D eigenvalue weighted by Crippen LogP contribution is -2.45. The summed E-state index contributed by atoms with van der Waals surface area (Å²) < 4.78 is 6.22. The van der Waals surface area contributed by atoms with Gasteiger partial charge in [-0.05, 0) is 66.9 Å². The van der Waals surface area contributed by atoms with E-state index in [0.717, 1.165) is 36.2 Å². The van der Waals surface area contributed by atoms with Gasteiger partial charge in [-0.25, -0.2) is 0 Å². The Hall–Kier alpha value is -0.580. The smallest absolute Gasteiger partial charge is 0.133 e. The molecule has 1 aromatic carbocycles. The first kappa shape index (κ1) is 14.8. The molecule has 1 fully saturated rings. The van der Waals surface area contributed by atoms with Gasteiger partial charge in [0.2, 0.25) is 0 Å². The number of rotatable bonds is 4. The van der Waals surface area contributed by atoms with Gasteiger partial charge < -0.3 is 9.84 Å². The van der Waals surface area contributed by atoms with Crippen LogP contribution in [-0.2, 0) is 6.54 Å². The molecule has 0 spiro atoms. The molecule has 1 unspecified atom stereocenters. The molecule has 0 saturated carbocycles. The number of halogens is 1. The average molecular weight is 328 g/mol. The van der Waals surface area contributed by atoms with Crippen LogP contribution in [0.2, 0.25) is 0 Å². The van der Waals surface area contributed by atoms with E-state index in [1.165, 1.54) is 5.56 Å². The van der Waals surface area contributed by atoms with E-state index >= 15 is 0 Å². The third-order valence-electron chi connectivity index (χ3n) is 3.78. The summed E-state index contributed by atoms with van der Waals surface area (Å²) in [5, 5.41) is 10.2. The minimum absolute atomic E-state index is 0.244. The third kappa shape index (κ3) is 3.50. The lowest BCUT2D eigenvalue weighted by atomic mass is 9.96. The summed E-state index contributed by atoms with van der Waals surface area (Å²) in [7, 11) is 1.67. The zero-order valence-electron chi connectivity index (χ0n) is 11.8. The highest BCUT2D eigenvalue weighted by atomic mass is 79.9. The van der Waals surface area contributed by atoms with Gasteiger partial charge in [0.05, 0.1) is 17.2 Å². The third-order valence-corrected chi connectivity index (χ3v) is 4.40. The monoisotopic (exact) mass is 327 g/mol. The van der Waals surface area contributed by atoms with Crippen molar-refractivity contribution in [2.75, 3.05) is 13.7 Å². The molecule has 0 bridgehead atoms. The molecule has 1 atom stereocenters. The number of hydrogen-bond acceptors (Lipinski definition) is 3. The topological polar surface area (TPSA) is 32.7 Å². The Morgan fingerprint density at radius 3 is 2.79 bits per heavy atom. The Morgan fingerprint density at radius 2 is 2.21 bits per heavy atom. The Kier molecular flexibility index (Phi) is 4.54. The Balaban J connectivity index is 2.10.